The van der Waals surface area contributed by atoms with Gasteiger partial charge in [-0.1, -0.05) is 19.1 Å². The van der Waals surface area contributed by atoms with Crippen LogP contribution in [0.4, 0.5) is 4.39 Å². The quantitative estimate of drug-likeness (QED) is 0.889. The van der Waals surface area contributed by atoms with Crippen LogP contribution < -0.4 is 5.32 Å². The second kappa shape index (κ2) is 6.58. The lowest BCUT2D eigenvalue weighted by molar-refractivity contribution is 0.0920. The predicted molar refractivity (Wildman–Crippen MR) is 75.2 cm³/mol. The van der Waals surface area contributed by atoms with Crippen molar-refractivity contribution in [3.05, 3.63) is 51.7 Å². The van der Waals surface area contributed by atoms with E-state index in [2.05, 4.69) is 10.3 Å². The standard InChI is InChI=1S/C14H15FN2O2S/c1-2-13-16-8-12(20-13)14(19)17-7-11(18)9-3-5-10(15)6-4-9/h3-6,8,11,18H,2,7H2,1H3,(H,17,19). The molecule has 0 aliphatic carbocycles. The van der Waals surface area contributed by atoms with E-state index < -0.39 is 6.10 Å². The molecule has 6 heteroatoms. The fourth-order valence-corrected chi connectivity index (χ4v) is 2.43. The highest BCUT2D eigenvalue weighted by molar-refractivity contribution is 7.13. The number of halogens is 1. The molecular formula is C14H15FN2O2S. The SMILES string of the molecule is CCc1ncc(C(=O)NCC(O)c2ccc(F)cc2)s1. The van der Waals surface area contributed by atoms with Gasteiger partial charge in [-0.2, -0.15) is 0 Å². The van der Waals surface area contributed by atoms with Crippen molar-refractivity contribution >= 4 is 17.2 Å². The summed E-state index contributed by atoms with van der Waals surface area (Å²) in [7, 11) is 0. The third-order valence-corrected chi connectivity index (χ3v) is 3.93. The molecule has 1 atom stereocenters. The molecular weight excluding hydrogens is 279 g/mol. The van der Waals surface area contributed by atoms with E-state index in [4.69, 9.17) is 0 Å². The van der Waals surface area contributed by atoms with Crippen molar-refractivity contribution in [3.63, 3.8) is 0 Å². The first-order chi connectivity index (χ1) is 9.60. The number of amides is 1. The summed E-state index contributed by atoms with van der Waals surface area (Å²) in [6.07, 6.45) is 1.46. The van der Waals surface area contributed by atoms with E-state index in [0.717, 1.165) is 11.4 Å². The van der Waals surface area contributed by atoms with Gasteiger partial charge in [0.1, 0.15) is 10.7 Å². The fourth-order valence-electron chi connectivity index (χ4n) is 1.66. The molecule has 1 aromatic heterocycles. The van der Waals surface area contributed by atoms with Crippen LogP contribution in [0.25, 0.3) is 0 Å². The summed E-state index contributed by atoms with van der Waals surface area (Å²) in [4.78, 5) is 16.5. The second-order valence-electron chi connectivity index (χ2n) is 4.25. The van der Waals surface area contributed by atoms with Gasteiger partial charge in [-0.25, -0.2) is 9.37 Å². The molecule has 0 radical (unpaired) electrons. The summed E-state index contributed by atoms with van der Waals surface area (Å²) in [5, 5.41) is 13.4. The summed E-state index contributed by atoms with van der Waals surface area (Å²) in [5.74, 6) is -0.620. The van der Waals surface area contributed by atoms with Gasteiger partial charge in [0.15, 0.2) is 0 Å². The van der Waals surface area contributed by atoms with E-state index in [9.17, 15) is 14.3 Å². The molecule has 0 fully saturated rings. The van der Waals surface area contributed by atoms with E-state index >= 15 is 0 Å². The Hall–Kier alpha value is -1.79. The Morgan fingerprint density at radius 2 is 2.15 bits per heavy atom. The molecule has 4 nitrogen and oxygen atoms in total. The Morgan fingerprint density at radius 1 is 1.45 bits per heavy atom. The molecule has 0 aliphatic heterocycles. The van der Waals surface area contributed by atoms with Crippen LogP contribution >= 0.6 is 11.3 Å². The number of aromatic nitrogens is 1. The van der Waals surface area contributed by atoms with Crippen LogP contribution in [0.5, 0.6) is 0 Å². The maximum Gasteiger partial charge on any atom is 0.263 e. The van der Waals surface area contributed by atoms with Crippen LogP contribution in [0.3, 0.4) is 0 Å². The topological polar surface area (TPSA) is 62.2 Å². The Labute approximate surface area is 120 Å². The van der Waals surface area contributed by atoms with E-state index in [-0.39, 0.29) is 18.3 Å². The van der Waals surface area contributed by atoms with Crippen molar-refractivity contribution < 1.29 is 14.3 Å². The van der Waals surface area contributed by atoms with Gasteiger partial charge in [-0.15, -0.1) is 11.3 Å². The van der Waals surface area contributed by atoms with Gasteiger partial charge in [-0.3, -0.25) is 4.79 Å². The van der Waals surface area contributed by atoms with Gasteiger partial charge in [-0.05, 0) is 24.1 Å². The number of rotatable bonds is 5. The number of aliphatic hydroxyl groups excluding tert-OH is 1. The van der Waals surface area contributed by atoms with Crippen molar-refractivity contribution in [3.8, 4) is 0 Å². The number of nitrogens with zero attached hydrogens (tertiary/aromatic N) is 1. The average molecular weight is 294 g/mol. The second-order valence-corrected chi connectivity index (χ2v) is 5.36. The molecule has 1 amide bonds. The van der Waals surface area contributed by atoms with Crippen LogP contribution in [-0.4, -0.2) is 22.5 Å². The predicted octanol–water partition coefficient (Wildman–Crippen LogP) is 2.31. The average Bonchev–Trinajstić information content (AvgIpc) is 2.94. The monoisotopic (exact) mass is 294 g/mol. The van der Waals surface area contributed by atoms with Gasteiger partial charge in [0.2, 0.25) is 0 Å². The highest BCUT2D eigenvalue weighted by Gasteiger charge is 2.13. The molecule has 0 saturated carbocycles. The fraction of sp³-hybridized carbons (Fsp3) is 0.286. The van der Waals surface area contributed by atoms with Gasteiger partial charge in [0, 0.05) is 6.54 Å². The number of hydrogen-bond acceptors (Lipinski definition) is 4. The molecule has 0 spiro atoms. The zero-order valence-corrected chi connectivity index (χ0v) is 11.8. The number of aliphatic hydroxyl groups is 1. The lowest BCUT2D eigenvalue weighted by Gasteiger charge is -2.11. The van der Waals surface area contributed by atoms with E-state index in [1.54, 1.807) is 0 Å². The minimum atomic E-state index is -0.863. The van der Waals surface area contributed by atoms with E-state index in [0.29, 0.717) is 10.4 Å². The first-order valence-electron chi connectivity index (χ1n) is 6.26. The molecule has 106 valence electrons. The highest BCUT2D eigenvalue weighted by atomic mass is 32.1. The summed E-state index contributed by atoms with van der Waals surface area (Å²) < 4.78 is 12.8. The maximum atomic E-state index is 12.8. The molecule has 2 N–H and O–H groups in total. The van der Waals surface area contributed by atoms with Crippen molar-refractivity contribution in [1.82, 2.24) is 10.3 Å². The Kier molecular flexibility index (Phi) is 4.81. The van der Waals surface area contributed by atoms with Crippen LogP contribution in [0, 0.1) is 5.82 Å². The lowest BCUT2D eigenvalue weighted by atomic mass is 10.1. The molecule has 20 heavy (non-hydrogen) atoms. The number of aryl methyl sites for hydroxylation is 1. The van der Waals surface area contributed by atoms with Crippen molar-refractivity contribution in [2.75, 3.05) is 6.54 Å². The van der Waals surface area contributed by atoms with Gasteiger partial charge in [0.05, 0.1) is 17.3 Å². The number of carbonyl (C=O) groups is 1. The van der Waals surface area contributed by atoms with Crippen molar-refractivity contribution in [2.45, 2.75) is 19.4 Å². The van der Waals surface area contributed by atoms with Crippen LogP contribution in [0.1, 0.15) is 33.3 Å². The lowest BCUT2D eigenvalue weighted by Crippen LogP contribution is -2.27. The molecule has 0 saturated heterocycles. The first kappa shape index (κ1) is 14.6. The largest absolute Gasteiger partial charge is 0.387 e. The molecule has 0 aliphatic rings. The van der Waals surface area contributed by atoms with Crippen LogP contribution in [0.2, 0.25) is 0 Å². The molecule has 1 heterocycles. The zero-order valence-electron chi connectivity index (χ0n) is 11.0. The Balaban J connectivity index is 1.91. The summed E-state index contributed by atoms with van der Waals surface area (Å²) in [6, 6.07) is 5.54. The minimum Gasteiger partial charge on any atom is -0.387 e. The molecule has 1 unspecified atom stereocenters. The number of thiazole rings is 1. The number of nitrogens with one attached hydrogen (secondary N) is 1. The molecule has 2 aromatic rings. The summed E-state index contributed by atoms with van der Waals surface area (Å²) in [5.41, 5.74) is 0.560. The van der Waals surface area contributed by atoms with E-state index in [1.165, 1.54) is 41.8 Å². The van der Waals surface area contributed by atoms with Crippen molar-refractivity contribution in [2.24, 2.45) is 0 Å². The molecule has 1 aromatic carbocycles. The Morgan fingerprint density at radius 3 is 2.75 bits per heavy atom. The maximum absolute atomic E-state index is 12.8. The smallest absolute Gasteiger partial charge is 0.263 e. The molecule has 0 bridgehead atoms. The zero-order chi connectivity index (χ0) is 14.5. The number of benzene rings is 1. The third kappa shape index (κ3) is 3.61. The third-order valence-electron chi connectivity index (χ3n) is 2.79. The number of carbonyl (C=O) groups excluding carboxylic acids is 1. The number of hydrogen-bond donors (Lipinski definition) is 2. The Bertz CT molecular complexity index is 583. The van der Waals surface area contributed by atoms with Crippen LogP contribution in [0.15, 0.2) is 30.5 Å². The summed E-state index contributed by atoms with van der Waals surface area (Å²) in [6.45, 7) is 2.04. The van der Waals surface area contributed by atoms with Gasteiger partial charge < -0.3 is 10.4 Å². The van der Waals surface area contributed by atoms with Crippen LogP contribution in [-0.2, 0) is 6.42 Å². The minimum absolute atomic E-state index is 0.0732. The van der Waals surface area contributed by atoms with E-state index in [1.807, 2.05) is 6.92 Å². The first-order valence-corrected chi connectivity index (χ1v) is 7.08. The molecule has 2 rings (SSSR count). The van der Waals surface area contributed by atoms with Gasteiger partial charge >= 0.3 is 0 Å². The highest BCUT2D eigenvalue weighted by Crippen LogP contribution is 2.15. The van der Waals surface area contributed by atoms with Crippen molar-refractivity contribution in [1.29, 1.82) is 0 Å². The summed E-state index contributed by atoms with van der Waals surface area (Å²) >= 11 is 1.34. The van der Waals surface area contributed by atoms with Gasteiger partial charge in [0.25, 0.3) is 5.91 Å². The normalized spacial score (nSPS) is 12.2.